The lowest BCUT2D eigenvalue weighted by molar-refractivity contribution is 0.660. The summed E-state index contributed by atoms with van der Waals surface area (Å²) in [5.74, 6) is 0. The summed E-state index contributed by atoms with van der Waals surface area (Å²) in [6.07, 6.45) is 0. The van der Waals surface area contributed by atoms with Gasteiger partial charge in [-0.25, -0.2) is 0 Å². The molecule has 1 heteroatoms. The first kappa shape index (κ1) is 29.3. The molecule has 0 N–H and O–H groups in total. The fourth-order valence-corrected chi connectivity index (χ4v) is 9.26. The second-order valence-corrected chi connectivity index (χ2v) is 14.8. The predicted octanol–water partition coefficient (Wildman–Crippen LogP) is 14.4. The van der Waals surface area contributed by atoms with E-state index in [9.17, 15) is 0 Å². The summed E-state index contributed by atoms with van der Waals surface area (Å²) in [6.45, 7) is 4.71. The van der Waals surface area contributed by atoms with E-state index in [4.69, 9.17) is 4.42 Å². The molecule has 0 fully saturated rings. The molecule has 1 heterocycles. The zero-order valence-electron chi connectivity index (χ0n) is 29.1. The first-order valence-corrected chi connectivity index (χ1v) is 18.2. The summed E-state index contributed by atoms with van der Waals surface area (Å²) in [5.41, 5.74) is 14.7. The van der Waals surface area contributed by atoms with Crippen LogP contribution in [0.15, 0.2) is 174 Å². The van der Waals surface area contributed by atoms with Gasteiger partial charge in [0.15, 0.2) is 0 Å². The molecule has 1 nitrogen and oxygen atoms in total. The van der Waals surface area contributed by atoms with Crippen molar-refractivity contribution in [1.82, 2.24) is 0 Å². The van der Waals surface area contributed by atoms with Crippen molar-refractivity contribution in [3.63, 3.8) is 0 Å². The van der Waals surface area contributed by atoms with E-state index in [1.54, 1.807) is 0 Å². The van der Waals surface area contributed by atoms with Gasteiger partial charge in [-0.1, -0.05) is 159 Å². The number of hydrogen-bond acceptors (Lipinski definition) is 1. The summed E-state index contributed by atoms with van der Waals surface area (Å²) >= 11 is 0. The molecule has 10 aromatic rings. The van der Waals surface area contributed by atoms with E-state index in [0.29, 0.717) is 0 Å². The van der Waals surface area contributed by atoms with Gasteiger partial charge in [-0.05, 0) is 112 Å². The van der Waals surface area contributed by atoms with Gasteiger partial charge >= 0.3 is 0 Å². The van der Waals surface area contributed by atoms with Gasteiger partial charge < -0.3 is 4.42 Å². The van der Waals surface area contributed by atoms with Crippen LogP contribution in [0.4, 0.5) is 0 Å². The molecule has 0 unspecified atom stereocenters. The van der Waals surface area contributed by atoms with Crippen LogP contribution in [0.1, 0.15) is 25.0 Å². The summed E-state index contributed by atoms with van der Waals surface area (Å²) < 4.78 is 6.55. The molecule has 1 aliphatic rings. The van der Waals surface area contributed by atoms with E-state index in [2.05, 4.69) is 184 Å². The van der Waals surface area contributed by atoms with Crippen LogP contribution >= 0.6 is 0 Å². The molecule has 0 radical (unpaired) electrons. The minimum atomic E-state index is -0.0444. The first-order valence-electron chi connectivity index (χ1n) is 18.2. The molecule has 1 aromatic heterocycles. The Labute approximate surface area is 302 Å². The van der Waals surface area contributed by atoms with Gasteiger partial charge in [0.25, 0.3) is 0 Å². The number of benzene rings is 9. The molecule has 0 saturated carbocycles. The molecule has 0 aliphatic heterocycles. The molecule has 244 valence electrons. The van der Waals surface area contributed by atoms with Crippen LogP contribution in [0.5, 0.6) is 0 Å². The maximum absolute atomic E-state index is 6.55. The van der Waals surface area contributed by atoms with Crippen LogP contribution in [0.25, 0.3) is 98.8 Å². The van der Waals surface area contributed by atoms with Gasteiger partial charge in [0.1, 0.15) is 11.2 Å². The fourth-order valence-electron chi connectivity index (χ4n) is 9.26. The van der Waals surface area contributed by atoms with Crippen molar-refractivity contribution in [2.45, 2.75) is 19.3 Å². The van der Waals surface area contributed by atoms with Gasteiger partial charge in [0, 0.05) is 16.2 Å². The highest BCUT2D eigenvalue weighted by molar-refractivity contribution is 6.28. The minimum absolute atomic E-state index is 0.0444. The highest BCUT2D eigenvalue weighted by atomic mass is 16.3. The van der Waals surface area contributed by atoms with Gasteiger partial charge in [-0.15, -0.1) is 0 Å². The summed E-state index contributed by atoms with van der Waals surface area (Å²) in [5, 5.41) is 9.74. The van der Waals surface area contributed by atoms with Crippen molar-refractivity contribution >= 4 is 54.3 Å². The summed E-state index contributed by atoms with van der Waals surface area (Å²) in [7, 11) is 0. The van der Waals surface area contributed by atoms with E-state index >= 15 is 0 Å². The average Bonchev–Trinajstić information content (AvgIpc) is 3.69. The van der Waals surface area contributed by atoms with Crippen molar-refractivity contribution in [3.05, 3.63) is 181 Å². The third kappa shape index (κ3) is 4.05. The van der Waals surface area contributed by atoms with E-state index in [0.717, 1.165) is 11.2 Å². The molecule has 52 heavy (non-hydrogen) atoms. The maximum Gasteiger partial charge on any atom is 0.136 e. The van der Waals surface area contributed by atoms with Gasteiger partial charge in [0.2, 0.25) is 0 Å². The van der Waals surface area contributed by atoms with E-state index < -0.39 is 0 Å². The molecular formula is C51H34O. The quantitative estimate of drug-likeness (QED) is 0.172. The average molecular weight is 663 g/mol. The lowest BCUT2D eigenvalue weighted by atomic mass is 9.81. The Hall–Kier alpha value is -6.44. The first-order chi connectivity index (χ1) is 25.6. The van der Waals surface area contributed by atoms with Crippen LogP contribution in [0.3, 0.4) is 0 Å². The predicted molar refractivity (Wildman–Crippen MR) is 220 cm³/mol. The maximum atomic E-state index is 6.55. The van der Waals surface area contributed by atoms with Crippen molar-refractivity contribution in [2.24, 2.45) is 0 Å². The molecule has 0 spiro atoms. The number of fused-ring (bicyclic) bond motifs is 10. The van der Waals surface area contributed by atoms with Crippen molar-refractivity contribution in [3.8, 4) is 44.5 Å². The Morgan fingerprint density at radius 2 is 0.942 bits per heavy atom. The normalized spacial score (nSPS) is 13.3. The summed E-state index contributed by atoms with van der Waals surface area (Å²) in [6, 6.07) is 62.4. The van der Waals surface area contributed by atoms with Gasteiger partial charge in [0.05, 0.1) is 0 Å². The molecular weight excluding hydrogens is 629 g/mol. The molecule has 0 saturated heterocycles. The Morgan fingerprint density at radius 1 is 0.365 bits per heavy atom. The molecule has 0 amide bonds. The van der Waals surface area contributed by atoms with E-state index in [1.165, 1.54) is 98.7 Å². The highest BCUT2D eigenvalue weighted by Crippen LogP contribution is 2.51. The van der Waals surface area contributed by atoms with Crippen LogP contribution < -0.4 is 0 Å². The van der Waals surface area contributed by atoms with Crippen LogP contribution in [-0.2, 0) is 5.41 Å². The van der Waals surface area contributed by atoms with Crippen LogP contribution in [-0.4, -0.2) is 0 Å². The van der Waals surface area contributed by atoms with Crippen LogP contribution in [0.2, 0.25) is 0 Å². The number of furan rings is 1. The third-order valence-electron chi connectivity index (χ3n) is 11.7. The Kier molecular flexibility index (Phi) is 6.08. The Morgan fingerprint density at radius 3 is 1.73 bits per heavy atom. The highest BCUT2D eigenvalue weighted by Gasteiger charge is 2.35. The van der Waals surface area contributed by atoms with Crippen molar-refractivity contribution in [2.75, 3.05) is 0 Å². The van der Waals surface area contributed by atoms with E-state index in [1.807, 2.05) is 0 Å². The van der Waals surface area contributed by atoms with E-state index in [-0.39, 0.29) is 5.41 Å². The second-order valence-electron chi connectivity index (χ2n) is 14.8. The zero-order chi connectivity index (χ0) is 34.6. The lowest BCUT2D eigenvalue weighted by Crippen LogP contribution is -2.14. The SMILES string of the molecule is CC1(C)c2ccccc2-c2ccc(-c3cccc(-c4c5ccccc5c(-c5cccc6oc7ccc8ccccc8c7c56)c5ccccc45)c3)cc21. The zero-order valence-corrected chi connectivity index (χ0v) is 29.1. The topological polar surface area (TPSA) is 13.1 Å². The molecule has 11 rings (SSSR count). The fraction of sp³-hybridized carbons (Fsp3) is 0.0588. The van der Waals surface area contributed by atoms with Crippen molar-refractivity contribution < 1.29 is 4.42 Å². The Bertz CT molecular complexity index is 3040. The largest absolute Gasteiger partial charge is 0.456 e. The lowest BCUT2D eigenvalue weighted by Gasteiger charge is -2.22. The third-order valence-corrected chi connectivity index (χ3v) is 11.7. The minimum Gasteiger partial charge on any atom is -0.456 e. The second kappa shape index (κ2) is 10.8. The van der Waals surface area contributed by atoms with Gasteiger partial charge in [-0.2, -0.15) is 0 Å². The molecule has 1 aliphatic carbocycles. The monoisotopic (exact) mass is 662 g/mol. The molecule has 0 atom stereocenters. The standard InChI is InChI=1S/C51H34O/c1-51(2)43-23-10-9-17-36(43)37-27-25-33(30-44(37)51)32-14-11-15-34(29-32)47-38-18-5-7-20-40(38)48(41-21-8-6-19-39(41)47)42-22-12-24-45-50(42)49-35-16-4-3-13-31(35)26-28-46(49)52-45/h3-30H,1-2H3. The number of hydrogen-bond donors (Lipinski definition) is 0. The molecule has 9 aromatic carbocycles. The van der Waals surface area contributed by atoms with Gasteiger partial charge in [-0.3, -0.25) is 0 Å². The summed E-state index contributed by atoms with van der Waals surface area (Å²) in [4.78, 5) is 0. The smallest absolute Gasteiger partial charge is 0.136 e. The van der Waals surface area contributed by atoms with Crippen LogP contribution in [0, 0.1) is 0 Å². The molecule has 0 bridgehead atoms. The van der Waals surface area contributed by atoms with Crippen molar-refractivity contribution in [1.29, 1.82) is 0 Å². The number of rotatable bonds is 3. The Balaban J connectivity index is 1.15.